The number of rotatable bonds is 4. The molecule has 1 aromatic rings. The first-order valence-electron chi connectivity index (χ1n) is 6.76. The summed E-state index contributed by atoms with van der Waals surface area (Å²) in [4.78, 5) is 15.5. The molecule has 1 aromatic heterocycles. The number of thiophene rings is 1. The zero-order chi connectivity index (χ0) is 13.8. The van der Waals surface area contributed by atoms with Gasteiger partial charge < -0.3 is 4.90 Å². The number of aryl methyl sites for hydroxylation is 1. The Balaban J connectivity index is 2.15. The van der Waals surface area contributed by atoms with E-state index in [4.69, 9.17) is 11.6 Å². The topological polar surface area (TPSA) is 20.3 Å². The summed E-state index contributed by atoms with van der Waals surface area (Å²) in [6.07, 6.45) is 5.99. The van der Waals surface area contributed by atoms with Crippen molar-refractivity contribution < 1.29 is 4.79 Å². The first-order valence-corrected chi connectivity index (χ1v) is 8.90. The van der Waals surface area contributed by atoms with E-state index in [2.05, 4.69) is 15.9 Å². The first-order chi connectivity index (χ1) is 9.13. The zero-order valence-corrected chi connectivity index (χ0v) is 14.3. The SMILES string of the molecule is Cc1cc(C(=O)N(CCCl)C2CCCCC2)sc1Br. The fourth-order valence-corrected chi connectivity index (χ4v) is 4.31. The van der Waals surface area contributed by atoms with E-state index >= 15 is 0 Å². The lowest BCUT2D eigenvalue weighted by atomic mass is 9.94. The van der Waals surface area contributed by atoms with Crippen molar-refractivity contribution in [3.05, 3.63) is 20.3 Å². The molecule has 0 N–H and O–H groups in total. The predicted octanol–water partition coefficient (Wildman–Crippen LogP) is 4.83. The third-order valence-corrected chi connectivity index (χ3v) is 5.96. The monoisotopic (exact) mass is 363 g/mol. The van der Waals surface area contributed by atoms with E-state index in [0.29, 0.717) is 18.5 Å². The Morgan fingerprint density at radius 1 is 1.47 bits per heavy atom. The van der Waals surface area contributed by atoms with Gasteiger partial charge in [-0.05, 0) is 47.3 Å². The maximum absolute atomic E-state index is 12.7. The highest BCUT2D eigenvalue weighted by Gasteiger charge is 2.27. The second-order valence-electron chi connectivity index (χ2n) is 5.05. The summed E-state index contributed by atoms with van der Waals surface area (Å²) in [6.45, 7) is 2.67. The van der Waals surface area contributed by atoms with Gasteiger partial charge in [-0.2, -0.15) is 0 Å². The molecule has 106 valence electrons. The largest absolute Gasteiger partial charge is 0.334 e. The van der Waals surface area contributed by atoms with Crippen molar-refractivity contribution >= 4 is 44.8 Å². The van der Waals surface area contributed by atoms with Crippen molar-refractivity contribution in [3.63, 3.8) is 0 Å². The summed E-state index contributed by atoms with van der Waals surface area (Å²) >= 11 is 10.9. The molecule has 2 nitrogen and oxygen atoms in total. The predicted molar refractivity (Wildman–Crippen MR) is 85.4 cm³/mol. The average molecular weight is 365 g/mol. The summed E-state index contributed by atoms with van der Waals surface area (Å²) in [5.74, 6) is 0.652. The van der Waals surface area contributed by atoms with E-state index in [1.807, 2.05) is 17.9 Å². The van der Waals surface area contributed by atoms with E-state index in [1.54, 1.807) is 0 Å². The molecule has 1 aliphatic rings. The lowest BCUT2D eigenvalue weighted by Crippen LogP contribution is -2.42. The van der Waals surface area contributed by atoms with Crippen LogP contribution in [0.1, 0.15) is 47.3 Å². The van der Waals surface area contributed by atoms with Crippen LogP contribution in [0.2, 0.25) is 0 Å². The highest BCUT2D eigenvalue weighted by molar-refractivity contribution is 9.11. The molecule has 1 heterocycles. The van der Waals surface area contributed by atoms with E-state index in [-0.39, 0.29) is 5.91 Å². The molecule has 1 saturated carbocycles. The highest BCUT2D eigenvalue weighted by atomic mass is 79.9. The smallest absolute Gasteiger partial charge is 0.264 e. The van der Waals surface area contributed by atoms with E-state index in [0.717, 1.165) is 27.1 Å². The second kappa shape index (κ2) is 7.09. The molecule has 2 rings (SSSR count). The van der Waals surface area contributed by atoms with Gasteiger partial charge in [0.05, 0.1) is 8.66 Å². The quantitative estimate of drug-likeness (QED) is 0.701. The summed E-state index contributed by atoms with van der Waals surface area (Å²) in [7, 11) is 0. The molecule has 5 heteroatoms. The third-order valence-electron chi connectivity index (χ3n) is 3.67. The van der Waals surface area contributed by atoms with Gasteiger partial charge in [0.15, 0.2) is 0 Å². The number of carbonyl (C=O) groups is 1. The number of amides is 1. The van der Waals surface area contributed by atoms with Gasteiger partial charge in [-0.15, -0.1) is 22.9 Å². The molecule has 0 aliphatic heterocycles. The second-order valence-corrected chi connectivity index (χ2v) is 7.79. The minimum atomic E-state index is 0.145. The third kappa shape index (κ3) is 3.73. The van der Waals surface area contributed by atoms with Crippen LogP contribution in [-0.4, -0.2) is 29.3 Å². The molecule has 1 amide bonds. The van der Waals surface area contributed by atoms with Crippen molar-refractivity contribution in [2.75, 3.05) is 12.4 Å². The molecule has 0 aromatic carbocycles. The van der Waals surface area contributed by atoms with Gasteiger partial charge in [-0.3, -0.25) is 4.79 Å². The normalized spacial score (nSPS) is 16.6. The lowest BCUT2D eigenvalue weighted by Gasteiger charge is -2.33. The van der Waals surface area contributed by atoms with Crippen molar-refractivity contribution in [1.82, 2.24) is 4.90 Å². The fraction of sp³-hybridized carbons (Fsp3) is 0.643. The minimum absolute atomic E-state index is 0.145. The van der Waals surface area contributed by atoms with Gasteiger partial charge in [0, 0.05) is 18.5 Å². The minimum Gasteiger partial charge on any atom is -0.334 e. The van der Waals surface area contributed by atoms with Crippen LogP contribution in [0, 0.1) is 6.92 Å². The molecule has 19 heavy (non-hydrogen) atoms. The number of carbonyl (C=O) groups excluding carboxylic acids is 1. The maximum Gasteiger partial charge on any atom is 0.264 e. The van der Waals surface area contributed by atoms with Crippen LogP contribution in [0.25, 0.3) is 0 Å². The Labute approximate surface area is 132 Å². The van der Waals surface area contributed by atoms with Crippen LogP contribution < -0.4 is 0 Å². The lowest BCUT2D eigenvalue weighted by molar-refractivity contribution is 0.0654. The zero-order valence-electron chi connectivity index (χ0n) is 11.1. The van der Waals surface area contributed by atoms with Gasteiger partial charge in [-0.25, -0.2) is 0 Å². The highest BCUT2D eigenvalue weighted by Crippen LogP contribution is 2.30. The molecule has 1 fully saturated rings. The maximum atomic E-state index is 12.7. The summed E-state index contributed by atoms with van der Waals surface area (Å²) in [5, 5.41) is 0. The van der Waals surface area contributed by atoms with Gasteiger partial charge in [-0.1, -0.05) is 19.3 Å². The summed E-state index contributed by atoms with van der Waals surface area (Å²) in [5.41, 5.74) is 1.13. The number of nitrogens with zero attached hydrogens (tertiary/aromatic N) is 1. The molecule has 0 bridgehead atoms. The van der Waals surface area contributed by atoms with E-state index in [1.165, 1.54) is 30.6 Å². The Kier molecular flexibility index (Phi) is 5.72. The molecule has 0 spiro atoms. The van der Waals surface area contributed by atoms with Gasteiger partial charge in [0.1, 0.15) is 0 Å². The van der Waals surface area contributed by atoms with E-state index < -0.39 is 0 Å². The molecule has 0 saturated heterocycles. The number of hydrogen-bond acceptors (Lipinski definition) is 2. The summed E-state index contributed by atoms with van der Waals surface area (Å²) < 4.78 is 1.05. The van der Waals surface area contributed by atoms with Crippen LogP contribution >= 0.6 is 38.9 Å². The van der Waals surface area contributed by atoms with Gasteiger partial charge >= 0.3 is 0 Å². The van der Waals surface area contributed by atoms with Crippen molar-refractivity contribution in [2.24, 2.45) is 0 Å². The Bertz CT molecular complexity index is 423. The molecule has 0 radical (unpaired) electrons. The molecular weight excluding hydrogens is 346 g/mol. The standard InChI is InChI=1S/C14H19BrClNOS/c1-10-9-12(19-13(10)15)14(18)17(8-7-16)11-5-3-2-4-6-11/h9,11H,2-8H2,1H3. The Hall–Kier alpha value is -0.0600. The van der Waals surface area contributed by atoms with Gasteiger partial charge in [0.2, 0.25) is 0 Å². The Morgan fingerprint density at radius 3 is 2.68 bits per heavy atom. The van der Waals surface area contributed by atoms with Crippen LogP contribution in [0.15, 0.2) is 9.85 Å². The van der Waals surface area contributed by atoms with Crippen molar-refractivity contribution in [1.29, 1.82) is 0 Å². The molecule has 1 aliphatic carbocycles. The number of halogens is 2. The number of alkyl halides is 1. The van der Waals surface area contributed by atoms with Crippen LogP contribution in [0.3, 0.4) is 0 Å². The fourth-order valence-electron chi connectivity index (χ4n) is 2.64. The summed E-state index contributed by atoms with van der Waals surface area (Å²) in [6, 6.07) is 2.35. The van der Waals surface area contributed by atoms with Crippen LogP contribution in [0.5, 0.6) is 0 Å². The molecular formula is C14H19BrClNOS. The van der Waals surface area contributed by atoms with E-state index in [9.17, 15) is 4.79 Å². The average Bonchev–Trinajstić information content (AvgIpc) is 2.76. The van der Waals surface area contributed by atoms with Crippen LogP contribution in [0.4, 0.5) is 0 Å². The Morgan fingerprint density at radius 2 is 2.16 bits per heavy atom. The van der Waals surface area contributed by atoms with Gasteiger partial charge in [0.25, 0.3) is 5.91 Å². The number of hydrogen-bond donors (Lipinski definition) is 0. The first kappa shape index (κ1) is 15.3. The van der Waals surface area contributed by atoms with Crippen LogP contribution in [-0.2, 0) is 0 Å². The molecule has 0 unspecified atom stereocenters. The van der Waals surface area contributed by atoms with Crippen molar-refractivity contribution in [2.45, 2.75) is 45.1 Å². The molecule has 0 atom stereocenters. The van der Waals surface area contributed by atoms with Crippen molar-refractivity contribution in [3.8, 4) is 0 Å².